The van der Waals surface area contributed by atoms with E-state index < -0.39 is 0 Å². The summed E-state index contributed by atoms with van der Waals surface area (Å²) in [5.74, 6) is 0.245. The van der Waals surface area contributed by atoms with Crippen molar-refractivity contribution >= 4 is 22.2 Å². The quantitative estimate of drug-likeness (QED) is 0.670. The van der Waals surface area contributed by atoms with Gasteiger partial charge in [-0.1, -0.05) is 18.2 Å². The highest BCUT2D eigenvalue weighted by molar-refractivity contribution is 7.14. The van der Waals surface area contributed by atoms with Gasteiger partial charge in [0.25, 0.3) is 0 Å². The van der Waals surface area contributed by atoms with E-state index in [0.717, 1.165) is 11.1 Å². The second kappa shape index (κ2) is 8.10. The average Bonchev–Trinajstić information content (AvgIpc) is 3.05. The molecule has 0 radical (unpaired) electrons. The molecule has 0 saturated carbocycles. The third kappa shape index (κ3) is 4.46. The predicted octanol–water partition coefficient (Wildman–Crippen LogP) is 4.92. The van der Waals surface area contributed by atoms with Gasteiger partial charge in [-0.15, -0.1) is 11.3 Å². The molecule has 134 valence electrons. The van der Waals surface area contributed by atoms with Crippen LogP contribution in [0.1, 0.15) is 19.4 Å². The molecule has 0 aliphatic rings. The van der Waals surface area contributed by atoms with E-state index in [0.29, 0.717) is 16.4 Å². The summed E-state index contributed by atoms with van der Waals surface area (Å²) < 4.78 is 18.9. The lowest BCUT2D eigenvalue weighted by molar-refractivity contribution is -0.115. The molecule has 0 bridgehead atoms. The first-order valence-corrected chi connectivity index (χ1v) is 9.14. The van der Waals surface area contributed by atoms with Crippen molar-refractivity contribution in [2.45, 2.75) is 26.4 Å². The maximum absolute atomic E-state index is 13.1. The van der Waals surface area contributed by atoms with Crippen molar-refractivity contribution in [3.05, 3.63) is 65.4 Å². The zero-order valence-electron chi connectivity index (χ0n) is 14.5. The van der Waals surface area contributed by atoms with E-state index in [-0.39, 0.29) is 24.2 Å². The van der Waals surface area contributed by atoms with Gasteiger partial charge in [-0.2, -0.15) is 0 Å². The van der Waals surface area contributed by atoms with E-state index in [9.17, 15) is 9.18 Å². The lowest BCUT2D eigenvalue weighted by atomic mass is 10.1. The summed E-state index contributed by atoms with van der Waals surface area (Å²) in [7, 11) is 0. The fourth-order valence-electron chi connectivity index (χ4n) is 2.51. The second-order valence-corrected chi connectivity index (χ2v) is 6.89. The van der Waals surface area contributed by atoms with Gasteiger partial charge in [0.05, 0.1) is 18.0 Å². The van der Waals surface area contributed by atoms with Gasteiger partial charge >= 0.3 is 0 Å². The van der Waals surface area contributed by atoms with Gasteiger partial charge in [-0.25, -0.2) is 9.37 Å². The molecule has 4 nitrogen and oxygen atoms in total. The minimum atomic E-state index is -0.309. The van der Waals surface area contributed by atoms with E-state index in [1.807, 2.05) is 38.1 Å². The molecule has 0 fully saturated rings. The van der Waals surface area contributed by atoms with Crippen LogP contribution in [0.4, 0.5) is 9.39 Å². The number of carbonyl (C=O) groups is 1. The minimum absolute atomic E-state index is 0.0331. The highest BCUT2D eigenvalue weighted by atomic mass is 32.1. The minimum Gasteiger partial charge on any atom is -0.491 e. The smallest absolute Gasteiger partial charge is 0.229 e. The van der Waals surface area contributed by atoms with Crippen LogP contribution in [-0.2, 0) is 11.2 Å². The summed E-state index contributed by atoms with van der Waals surface area (Å²) in [5.41, 5.74) is 3.87. The number of ether oxygens (including phenoxy) is 1. The second-order valence-electron chi connectivity index (χ2n) is 6.04. The van der Waals surface area contributed by atoms with Crippen LogP contribution in [0, 0.1) is 5.82 Å². The summed E-state index contributed by atoms with van der Waals surface area (Å²) in [6, 6.07) is 13.5. The van der Waals surface area contributed by atoms with Gasteiger partial charge in [0.2, 0.25) is 5.91 Å². The van der Waals surface area contributed by atoms with Crippen molar-refractivity contribution in [2.24, 2.45) is 0 Å². The number of anilines is 1. The van der Waals surface area contributed by atoms with Gasteiger partial charge in [-0.05, 0) is 44.2 Å². The van der Waals surface area contributed by atoms with Crippen LogP contribution in [0.2, 0.25) is 0 Å². The molecule has 0 saturated heterocycles. The van der Waals surface area contributed by atoms with Crippen molar-refractivity contribution in [1.29, 1.82) is 0 Å². The molecule has 6 heteroatoms. The van der Waals surface area contributed by atoms with Crippen molar-refractivity contribution in [1.82, 2.24) is 4.98 Å². The molecule has 3 aromatic rings. The van der Waals surface area contributed by atoms with Crippen LogP contribution in [0.25, 0.3) is 11.3 Å². The Balaban J connectivity index is 1.74. The van der Waals surface area contributed by atoms with Gasteiger partial charge in [0.15, 0.2) is 0 Å². The summed E-state index contributed by atoms with van der Waals surface area (Å²) in [6.45, 7) is 3.90. The Labute approximate surface area is 155 Å². The Morgan fingerprint density at radius 3 is 2.65 bits per heavy atom. The number of hydrogen-bond donors (Lipinski definition) is 1. The molecule has 2 aromatic carbocycles. The Morgan fingerprint density at radius 1 is 1.19 bits per heavy atom. The zero-order chi connectivity index (χ0) is 18.5. The predicted molar refractivity (Wildman–Crippen MR) is 102 cm³/mol. The lowest BCUT2D eigenvalue weighted by Gasteiger charge is -2.14. The van der Waals surface area contributed by atoms with E-state index in [1.54, 1.807) is 17.6 Å². The molecular formula is C20H19FN2O2S. The standard InChI is InChI=1S/C20H19FN2O2S/c1-13(2)25-17-6-4-3-5-15(17)11-18(24)23-20-19(22-12-26-20)14-7-9-16(21)10-8-14/h3-10,12-13H,11H2,1-2H3,(H,23,24). The topological polar surface area (TPSA) is 51.2 Å². The van der Waals surface area contributed by atoms with E-state index in [1.165, 1.54) is 23.5 Å². The summed E-state index contributed by atoms with van der Waals surface area (Å²) in [5, 5.41) is 3.54. The summed E-state index contributed by atoms with van der Waals surface area (Å²) in [6.07, 6.45) is 0.231. The Hall–Kier alpha value is -2.73. The molecule has 1 amide bonds. The number of halogens is 1. The van der Waals surface area contributed by atoms with Gasteiger partial charge in [0.1, 0.15) is 22.3 Å². The highest BCUT2D eigenvalue weighted by Gasteiger charge is 2.14. The highest BCUT2D eigenvalue weighted by Crippen LogP contribution is 2.31. The van der Waals surface area contributed by atoms with Gasteiger partial charge < -0.3 is 10.1 Å². The molecule has 26 heavy (non-hydrogen) atoms. The fourth-order valence-corrected chi connectivity index (χ4v) is 3.23. The molecule has 0 aliphatic carbocycles. The van der Waals surface area contributed by atoms with Crippen molar-refractivity contribution in [3.63, 3.8) is 0 Å². The first-order valence-electron chi connectivity index (χ1n) is 8.27. The third-order valence-electron chi connectivity index (χ3n) is 3.62. The van der Waals surface area contributed by atoms with Crippen LogP contribution < -0.4 is 10.1 Å². The number of amides is 1. The molecule has 1 N–H and O–H groups in total. The number of thiazole rings is 1. The van der Waals surface area contributed by atoms with Gasteiger partial charge in [0, 0.05) is 11.1 Å². The van der Waals surface area contributed by atoms with Gasteiger partial charge in [-0.3, -0.25) is 4.79 Å². The average molecular weight is 370 g/mol. The fraction of sp³-hybridized carbons (Fsp3) is 0.200. The van der Waals surface area contributed by atoms with E-state index >= 15 is 0 Å². The number of rotatable bonds is 6. The molecule has 0 spiro atoms. The van der Waals surface area contributed by atoms with Crippen LogP contribution in [0.15, 0.2) is 54.0 Å². The number of nitrogens with zero attached hydrogens (tertiary/aromatic N) is 1. The van der Waals surface area contributed by atoms with Crippen molar-refractivity contribution in [3.8, 4) is 17.0 Å². The Kier molecular flexibility index (Phi) is 5.63. The monoisotopic (exact) mass is 370 g/mol. The first kappa shape index (κ1) is 18.1. The molecular weight excluding hydrogens is 351 g/mol. The Morgan fingerprint density at radius 2 is 1.92 bits per heavy atom. The normalized spacial score (nSPS) is 10.8. The summed E-state index contributed by atoms with van der Waals surface area (Å²) in [4.78, 5) is 16.8. The largest absolute Gasteiger partial charge is 0.491 e. The molecule has 0 aliphatic heterocycles. The van der Waals surface area contributed by atoms with E-state index in [4.69, 9.17) is 4.74 Å². The molecule has 0 unspecified atom stereocenters. The van der Waals surface area contributed by atoms with Crippen LogP contribution in [-0.4, -0.2) is 17.0 Å². The Bertz CT molecular complexity index is 891. The number of carbonyl (C=O) groups excluding carboxylic acids is 1. The number of para-hydroxylation sites is 1. The number of aromatic nitrogens is 1. The third-order valence-corrected chi connectivity index (χ3v) is 4.37. The molecule has 1 aromatic heterocycles. The van der Waals surface area contributed by atoms with Crippen LogP contribution in [0.5, 0.6) is 5.75 Å². The maximum Gasteiger partial charge on any atom is 0.229 e. The van der Waals surface area contributed by atoms with Crippen molar-refractivity contribution in [2.75, 3.05) is 5.32 Å². The zero-order valence-corrected chi connectivity index (χ0v) is 15.3. The summed E-state index contributed by atoms with van der Waals surface area (Å²) >= 11 is 1.33. The number of nitrogens with one attached hydrogen (secondary N) is 1. The first-order chi connectivity index (χ1) is 12.5. The number of benzene rings is 2. The van der Waals surface area contributed by atoms with Crippen LogP contribution >= 0.6 is 11.3 Å². The lowest BCUT2D eigenvalue weighted by Crippen LogP contribution is -2.16. The number of hydrogen-bond acceptors (Lipinski definition) is 4. The van der Waals surface area contributed by atoms with E-state index in [2.05, 4.69) is 10.3 Å². The molecule has 3 rings (SSSR count). The molecule has 1 heterocycles. The maximum atomic E-state index is 13.1. The van der Waals surface area contributed by atoms with Crippen molar-refractivity contribution < 1.29 is 13.9 Å². The van der Waals surface area contributed by atoms with Crippen LogP contribution in [0.3, 0.4) is 0 Å². The molecule has 0 atom stereocenters. The SMILES string of the molecule is CC(C)Oc1ccccc1CC(=O)Nc1scnc1-c1ccc(F)cc1.